The summed E-state index contributed by atoms with van der Waals surface area (Å²) in [5, 5.41) is 0. The van der Waals surface area contributed by atoms with E-state index in [1.165, 1.54) is 70.8 Å². The third kappa shape index (κ3) is 15.0. The van der Waals surface area contributed by atoms with E-state index in [0.29, 0.717) is 6.61 Å². The third-order valence-electron chi connectivity index (χ3n) is 3.08. The average molecular weight is 270 g/mol. The van der Waals surface area contributed by atoms with Gasteiger partial charge in [-0.15, -0.1) is 0 Å². The van der Waals surface area contributed by atoms with E-state index in [9.17, 15) is 4.79 Å². The fraction of sp³-hybridized carbons (Fsp3) is 0.812. The normalized spacial score (nSPS) is 10.8. The molecule has 0 bridgehead atoms. The number of unbranched alkanes of at least 4 members (excludes halogenated alkanes) is 9. The summed E-state index contributed by atoms with van der Waals surface area (Å²) < 4.78 is 9.65. The second kappa shape index (κ2) is 15.1. The number of carbonyl (C=O) groups is 1. The number of ether oxygens (including phenoxy) is 2. The summed E-state index contributed by atoms with van der Waals surface area (Å²) in [6.45, 7) is 2.77. The van der Waals surface area contributed by atoms with Crippen LogP contribution in [-0.2, 0) is 14.3 Å². The van der Waals surface area contributed by atoms with Gasteiger partial charge in [0.1, 0.15) is 0 Å². The first-order valence-electron chi connectivity index (χ1n) is 7.67. The molecule has 112 valence electrons. The Bertz CT molecular complexity index is 224. The monoisotopic (exact) mass is 270 g/mol. The highest BCUT2D eigenvalue weighted by molar-refractivity contribution is 5.81. The fourth-order valence-corrected chi connectivity index (χ4v) is 1.93. The molecule has 0 saturated carbocycles. The number of hydrogen-bond donors (Lipinski definition) is 0. The Labute approximate surface area is 118 Å². The van der Waals surface area contributed by atoms with E-state index >= 15 is 0 Å². The molecular weight excluding hydrogens is 240 g/mol. The molecule has 0 radical (unpaired) electrons. The Morgan fingerprint density at radius 2 is 1.42 bits per heavy atom. The molecule has 0 aromatic heterocycles. The predicted octanol–water partition coefficient (Wildman–Crippen LogP) is 4.61. The first kappa shape index (κ1) is 18.0. The van der Waals surface area contributed by atoms with Gasteiger partial charge >= 0.3 is 5.97 Å². The second-order valence-electron chi connectivity index (χ2n) is 4.89. The van der Waals surface area contributed by atoms with Gasteiger partial charge in [0.15, 0.2) is 0 Å². The summed E-state index contributed by atoms with van der Waals surface area (Å²) in [6.07, 6.45) is 15.5. The van der Waals surface area contributed by atoms with E-state index < -0.39 is 0 Å². The minimum absolute atomic E-state index is 0.322. The van der Waals surface area contributed by atoms with Crippen LogP contribution in [0.2, 0.25) is 0 Å². The van der Waals surface area contributed by atoms with Crippen molar-refractivity contribution in [3.05, 3.63) is 12.3 Å². The Balaban J connectivity index is 3.10. The smallest absolute Gasteiger partial charge is 0.333 e. The quantitative estimate of drug-likeness (QED) is 0.212. The maximum absolute atomic E-state index is 11.1. The van der Waals surface area contributed by atoms with Crippen molar-refractivity contribution in [2.24, 2.45) is 0 Å². The van der Waals surface area contributed by atoms with Crippen LogP contribution in [0, 0.1) is 0 Å². The standard InChI is InChI=1S/C16H30O3/c1-3-4-5-6-7-8-9-10-11-12-14-19-16(17)13-15-18-2/h13,15H,3-12,14H2,1-2H3/b15-13+. The summed E-state index contributed by atoms with van der Waals surface area (Å²) in [4.78, 5) is 11.1. The Morgan fingerprint density at radius 3 is 1.95 bits per heavy atom. The molecule has 0 aliphatic rings. The summed E-state index contributed by atoms with van der Waals surface area (Å²) in [6, 6.07) is 0. The van der Waals surface area contributed by atoms with Gasteiger partial charge in [0.05, 0.1) is 26.1 Å². The highest BCUT2D eigenvalue weighted by Gasteiger charge is 1.97. The summed E-state index contributed by atoms with van der Waals surface area (Å²) >= 11 is 0. The number of esters is 1. The molecule has 0 aromatic carbocycles. The average Bonchev–Trinajstić information content (AvgIpc) is 2.42. The van der Waals surface area contributed by atoms with Crippen LogP contribution < -0.4 is 0 Å². The van der Waals surface area contributed by atoms with Crippen molar-refractivity contribution in [1.29, 1.82) is 0 Å². The van der Waals surface area contributed by atoms with Crippen LogP contribution in [0.3, 0.4) is 0 Å². The van der Waals surface area contributed by atoms with Crippen molar-refractivity contribution >= 4 is 5.97 Å². The first-order chi connectivity index (χ1) is 9.31. The Hall–Kier alpha value is -0.990. The van der Waals surface area contributed by atoms with E-state index in [1.54, 1.807) is 0 Å². The van der Waals surface area contributed by atoms with Crippen LogP contribution in [-0.4, -0.2) is 19.7 Å². The molecule has 0 aromatic rings. The topological polar surface area (TPSA) is 35.5 Å². The molecule has 3 heteroatoms. The fourth-order valence-electron chi connectivity index (χ4n) is 1.93. The summed E-state index contributed by atoms with van der Waals surface area (Å²) in [5.74, 6) is -0.322. The van der Waals surface area contributed by atoms with E-state index in [-0.39, 0.29) is 5.97 Å². The van der Waals surface area contributed by atoms with Crippen LogP contribution in [0.25, 0.3) is 0 Å². The van der Waals surface area contributed by atoms with E-state index in [2.05, 4.69) is 11.7 Å². The molecule has 0 amide bonds. The van der Waals surface area contributed by atoms with Crippen LogP contribution in [0.15, 0.2) is 12.3 Å². The zero-order valence-corrected chi connectivity index (χ0v) is 12.7. The molecule has 0 aliphatic heterocycles. The molecular formula is C16H30O3. The lowest BCUT2D eigenvalue weighted by molar-refractivity contribution is -0.138. The summed E-state index contributed by atoms with van der Waals surface area (Å²) in [7, 11) is 1.51. The largest absolute Gasteiger partial charge is 0.504 e. The zero-order chi connectivity index (χ0) is 14.2. The van der Waals surface area contributed by atoms with Gasteiger partial charge in [-0.05, 0) is 6.42 Å². The SMILES string of the molecule is CCCCCCCCCCCCOC(=O)/C=C/OC. The minimum atomic E-state index is -0.322. The highest BCUT2D eigenvalue weighted by Crippen LogP contribution is 2.10. The highest BCUT2D eigenvalue weighted by atomic mass is 16.5. The Kier molecular flexibility index (Phi) is 14.3. The van der Waals surface area contributed by atoms with Gasteiger partial charge in [0.2, 0.25) is 0 Å². The van der Waals surface area contributed by atoms with Crippen molar-refractivity contribution in [2.75, 3.05) is 13.7 Å². The van der Waals surface area contributed by atoms with Crippen LogP contribution >= 0.6 is 0 Å². The van der Waals surface area contributed by atoms with Crippen molar-refractivity contribution < 1.29 is 14.3 Å². The van der Waals surface area contributed by atoms with E-state index in [1.807, 2.05) is 0 Å². The maximum atomic E-state index is 11.1. The van der Waals surface area contributed by atoms with Crippen molar-refractivity contribution in [1.82, 2.24) is 0 Å². The van der Waals surface area contributed by atoms with Gasteiger partial charge in [-0.3, -0.25) is 0 Å². The van der Waals surface area contributed by atoms with Crippen LogP contribution in [0.1, 0.15) is 71.1 Å². The zero-order valence-electron chi connectivity index (χ0n) is 12.7. The van der Waals surface area contributed by atoms with Crippen LogP contribution in [0.4, 0.5) is 0 Å². The Morgan fingerprint density at radius 1 is 0.895 bits per heavy atom. The van der Waals surface area contributed by atoms with Crippen molar-refractivity contribution in [2.45, 2.75) is 71.1 Å². The lowest BCUT2D eigenvalue weighted by Crippen LogP contribution is -2.02. The molecule has 0 saturated heterocycles. The molecule has 0 N–H and O–H groups in total. The van der Waals surface area contributed by atoms with E-state index in [4.69, 9.17) is 4.74 Å². The van der Waals surface area contributed by atoms with Gasteiger partial charge in [-0.1, -0.05) is 64.7 Å². The van der Waals surface area contributed by atoms with Gasteiger partial charge in [0.25, 0.3) is 0 Å². The molecule has 19 heavy (non-hydrogen) atoms. The van der Waals surface area contributed by atoms with Gasteiger partial charge in [-0.2, -0.15) is 0 Å². The summed E-state index contributed by atoms with van der Waals surface area (Å²) in [5.41, 5.74) is 0. The molecule has 0 unspecified atom stereocenters. The number of methoxy groups -OCH3 is 1. The second-order valence-corrected chi connectivity index (χ2v) is 4.89. The lowest BCUT2D eigenvalue weighted by Gasteiger charge is -2.03. The molecule has 0 fully saturated rings. The molecule has 0 spiro atoms. The molecule has 0 atom stereocenters. The van der Waals surface area contributed by atoms with Gasteiger partial charge in [0, 0.05) is 0 Å². The maximum Gasteiger partial charge on any atom is 0.333 e. The molecule has 0 heterocycles. The van der Waals surface area contributed by atoms with Gasteiger partial charge < -0.3 is 9.47 Å². The number of rotatable bonds is 13. The van der Waals surface area contributed by atoms with Crippen molar-refractivity contribution in [3.63, 3.8) is 0 Å². The molecule has 3 nitrogen and oxygen atoms in total. The van der Waals surface area contributed by atoms with Crippen molar-refractivity contribution in [3.8, 4) is 0 Å². The number of hydrogen-bond acceptors (Lipinski definition) is 3. The first-order valence-corrected chi connectivity index (χ1v) is 7.67. The minimum Gasteiger partial charge on any atom is -0.504 e. The number of carbonyl (C=O) groups excluding carboxylic acids is 1. The molecule has 0 rings (SSSR count). The lowest BCUT2D eigenvalue weighted by atomic mass is 10.1. The van der Waals surface area contributed by atoms with Gasteiger partial charge in [-0.25, -0.2) is 4.79 Å². The predicted molar refractivity (Wildman–Crippen MR) is 79.0 cm³/mol. The van der Waals surface area contributed by atoms with Crippen LogP contribution in [0.5, 0.6) is 0 Å². The molecule has 0 aliphatic carbocycles. The third-order valence-corrected chi connectivity index (χ3v) is 3.08. The van der Waals surface area contributed by atoms with E-state index in [0.717, 1.165) is 12.8 Å².